The highest BCUT2D eigenvalue weighted by atomic mass is 19.4. The van der Waals surface area contributed by atoms with E-state index in [2.05, 4.69) is 0 Å². The minimum atomic E-state index is -5.07. The van der Waals surface area contributed by atoms with Gasteiger partial charge in [0.15, 0.2) is 0 Å². The van der Waals surface area contributed by atoms with Gasteiger partial charge in [-0.15, -0.1) is 0 Å². The Morgan fingerprint density at radius 2 is 1.60 bits per heavy atom. The molecule has 1 amide bonds. The van der Waals surface area contributed by atoms with Crippen LogP contribution in [0.4, 0.5) is 35.5 Å². The quantitative estimate of drug-likeness (QED) is 0.268. The number of amides is 1. The van der Waals surface area contributed by atoms with Crippen molar-refractivity contribution in [1.29, 1.82) is 5.26 Å². The van der Waals surface area contributed by atoms with Gasteiger partial charge >= 0.3 is 18.4 Å². The van der Waals surface area contributed by atoms with Crippen LogP contribution in [-0.2, 0) is 23.6 Å². The number of carbonyl (C=O) groups excluding carboxylic acids is 1. The van der Waals surface area contributed by atoms with Crippen molar-refractivity contribution in [3.63, 3.8) is 0 Å². The summed E-state index contributed by atoms with van der Waals surface area (Å²) in [6.45, 7) is 4.82. The van der Waals surface area contributed by atoms with Crippen LogP contribution in [0.25, 0.3) is 11.1 Å². The fraction of sp³-hybridized carbons (Fsp3) is 0.333. The van der Waals surface area contributed by atoms with E-state index in [-0.39, 0.29) is 29.8 Å². The van der Waals surface area contributed by atoms with Crippen LogP contribution in [0.15, 0.2) is 48.5 Å². The topological polar surface area (TPSA) is 62.6 Å². The van der Waals surface area contributed by atoms with Gasteiger partial charge in [-0.3, -0.25) is 4.90 Å². The Morgan fingerprint density at radius 1 is 0.976 bits per heavy atom. The number of rotatable bonds is 6. The van der Waals surface area contributed by atoms with E-state index in [1.165, 1.54) is 32.2 Å². The second-order valence-electron chi connectivity index (χ2n) is 10.2. The molecule has 222 valence electrons. The summed E-state index contributed by atoms with van der Waals surface area (Å²) in [5, 5.41) is 9.50. The Balaban J connectivity index is 1.78. The fourth-order valence-corrected chi connectivity index (χ4v) is 4.94. The van der Waals surface area contributed by atoms with E-state index in [0.717, 1.165) is 4.90 Å². The van der Waals surface area contributed by atoms with Crippen LogP contribution in [0.2, 0.25) is 0 Å². The van der Waals surface area contributed by atoms with Crippen molar-refractivity contribution >= 4 is 6.09 Å². The number of ether oxygens (including phenoxy) is 2. The molecule has 3 aromatic carbocycles. The fourth-order valence-electron chi connectivity index (χ4n) is 4.94. The zero-order valence-corrected chi connectivity index (χ0v) is 22.8. The third-order valence-corrected chi connectivity index (χ3v) is 7.14. The summed E-state index contributed by atoms with van der Waals surface area (Å²) in [7, 11) is 1.35. The van der Waals surface area contributed by atoms with Gasteiger partial charge in [0, 0.05) is 11.6 Å². The first kappa shape index (κ1) is 30.7. The molecule has 0 radical (unpaired) electrons. The number of benzene rings is 3. The lowest BCUT2D eigenvalue weighted by atomic mass is 9.92. The van der Waals surface area contributed by atoms with E-state index in [4.69, 9.17) is 9.47 Å². The van der Waals surface area contributed by atoms with E-state index in [1.54, 1.807) is 26.0 Å². The number of hydrogen-bond donors (Lipinski definition) is 0. The number of carbonyl (C=O) groups is 1. The molecule has 1 heterocycles. The Morgan fingerprint density at radius 3 is 2.12 bits per heavy atom. The van der Waals surface area contributed by atoms with Crippen LogP contribution in [0.1, 0.15) is 66.2 Å². The molecule has 12 heteroatoms. The third kappa shape index (κ3) is 6.00. The Kier molecular flexibility index (Phi) is 8.18. The van der Waals surface area contributed by atoms with Gasteiger partial charge in [0.05, 0.1) is 42.5 Å². The third-order valence-electron chi connectivity index (χ3n) is 7.14. The number of hydrogen-bond acceptors (Lipinski definition) is 4. The van der Waals surface area contributed by atoms with Crippen molar-refractivity contribution in [2.75, 3.05) is 7.11 Å². The second kappa shape index (κ2) is 11.2. The van der Waals surface area contributed by atoms with Crippen molar-refractivity contribution in [1.82, 2.24) is 4.90 Å². The molecule has 1 unspecified atom stereocenters. The standard InChI is InChI=1S/C30H25F7N2O3/c1-15(2)23-11-24(26(41-4)12-25(23)31)22-6-5-17(13-38)7-19(22)14-39-16(3)27(42-28(39)40)18-8-20(29(32,33)34)10-21(9-18)30(35,36)37/h5-12,15-16,27H,14H2,1-4H3/t16?,27-/m0/s1. The highest BCUT2D eigenvalue weighted by molar-refractivity contribution is 5.77. The minimum absolute atomic E-state index is 0.00384. The summed E-state index contributed by atoms with van der Waals surface area (Å²) in [4.78, 5) is 14.1. The average molecular weight is 595 g/mol. The second-order valence-corrected chi connectivity index (χ2v) is 10.2. The molecule has 4 rings (SSSR count). The van der Waals surface area contributed by atoms with Crippen LogP contribution in [0.3, 0.4) is 0 Å². The molecular formula is C30H25F7N2O3. The van der Waals surface area contributed by atoms with Crippen LogP contribution in [-0.4, -0.2) is 24.1 Å². The molecule has 0 N–H and O–H groups in total. The van der Waals surface area contributed by atoms with E-state index >= 15 is 0 Å². The predicted molar refractivity (Wildman–Crippen MR) is 138 cm³/mol. The molecule has 0 aromatic heterocycles. The van der Waals surface area contributed by atoms with E-state index in [0.29, 0.717) is 34.4 Å². The number of cyclic esters (lactones) is 1. The maximum Gasteiger partial charge on any atom is 0.416 e. The summed E-state index contributed by atoms with van der Waals surface area (Å²) in [5.74, 6) is -0.499. The van der Waals surface area contributed by atoms with Crippen LogP contribution < -0.4 is 4.74 Å². The Labute approximate surface area is 237 Å². The number of methoxy groups -OCH3 is 1. The average Bonchev–Trinajstić information content (AvgIpc) is 3.20. The lowest BCUT2D eigenvalue weighted by Crippen LogP contribution is -2.31. The van der Waals surface area contributed by atoms with Gasteiger partial charge in [-0.2, -0.15) is 31.6 Å². The molecule has 0 saturated carbocycles. The van der Waals surface area contributed by atoms with Gasteiger partial charge in [0.1, 0.15) is 17.7 Å². The summed E-state index contributed by atoms with van der Waals surface area (Å²) >= 11 is 0. The molecule has 1 aliphatic heterocycles. The molecule has 1 fully saturated rings. The predicted octanol–water partition coefficient (Wildman–Crippen LogP) is 8.62. The summed E-state index contributed by atoms with van der Waals surface area (Å²) in [5.41, 5.74) is -1.55. The molecule has 1 aliphatic rings. The molecule has 1 saturated heterocycles. The van der Waals surface area contributed by atoms with E-state index in [1.807, 2.05) is 6.07 Å². The Hall–Kier alpha value is -4.27. The lowest BCUT2D eigenvalue weighted by molar-refractivity contribution is -0.143. The van der Waals surface area contributed by atoms with Crippen LogP contribution >= 0.6 is 0 Å². The Bertz CT molecular complexity index is 1530. The molecule has 5 nitrogen and oxygen atoms in total. The molecule has 0 bridgehead atoms. The number of nitriles is 1. The minimum Gasteiger partial charge on any atom is -0.496 e. The molecule has 3 aromatic rings. The maximum absolute atomic E-state index is 14.7. The van der Waals surface area contributed by atoms with Gasteiger partial charge in [0.25, 0.3) is 0 Å². The van der Waals surface area contributed by atoms with Gasteiger partial charge in [-0.05, 0) is 71.5 Å². The van der Waals surface area contributed by atoms with Crippen molar-refractivity contribution in [2.45, 2.75) is 57.7 Å². The van der Waals surface area contributed by atoms with E-state index in [9.17, 15) is 40.8 Å². The van der Waals surface area contributed by atoms with Crippen molar-refractivity contribution < 1.29 is 45.0 Å². The van der Waals surface area contributed by atoms with Gasteiger partial charge < -0.3 is 9.47 Å². The smallest absolute Gasteiger partial charge is 0.416 e. The summed E-state index contributed by atoms with van der Waals surface area (Å²) in [6, 6.07) is 9.50. The normalized spacial score (nSPS) is 17.4. The van der Waals surface area contributed by atoms with Crippen LogP contribution in [0.5, 0.6) is 5.75 Å². The maximum atomic E-state index is 14.7. The van der Waals surface area contributed by atoms with Crippen molar-refractivity contribution in [3.8, 4) is 22.9 Å². The monoisotopic (exact) mass is 594 g/mol. The van der Waals surface area contributed by atoms with E-state index < -0.39 is 53.1 Å². The van der Waals surface area contributed by atoms with Crippen molar-refractivity contribution in [2.24, 2.45) is 0 Å². The molecule has 42 heavy (non-hydrogen) atoms. The van der Waals surface area contributed by atoms with Gasteiger partial charge in [-0.1, -0.05) is 19.9 Å². The zero-order chi connectivity index (χ0) is 31.1. The first-order valence-electron chi connectivity index (χ1n) is 12.7. The molecular weight excluding hydrogens is 569 g/mol. The number of nitrogens with zero attached hydrogens (tertiary/aromatic N) is 2. The number of alkyl halides is 6. The number of halogens is 7. The first-order chi connectivity index (χ1) is 19.5. The highest BCUT2D eigenvalue weighted by Crippen LogP contribution is 2.42. The highest BCUT2D eigenvalue weighted by Gasteiger charge is 2.43. The molecule has 0 spiro atoms. The summed E-state index contributed by atoms with van der Waals surface area (Å²) < 4.78 is 106. The van der Waals surface area contributed by atoms with Gasteiger partial charge in [-0.25, -0.2) is 9.18 Å². The van der Waals surface area contributed by atoms with Crippen molar-refractivity contribution in [3.05, 3.63) is 87.7 Å². The molecule has 2 atom stereocenters. The zero-order valence-electron chi connectivity index (χ0n) is 22.8. The lowest BCUT2D eigenvalue weighted by Gasteiger charge is -2.24. The van der Waals surface area contributed by atoms with Gasteiger partial charge in [0.2, 0.25) is 0 Å². The van der Waals surface area contributed by atoms with Crippen LogP contribution in [0, 0.1) is 17.1 Å². The largest absolute Gasteiger partial charge is 0.496 e. The SMILES string of the molecule is COc1cc(F)c(C(C)C)cc1-c1ccc(C#N)cc1CN1C(=O)O[C@H](c2cc(C(F)(F)F)cc(C(F)(F)F)c2)C1C. The molecule has 0 aliphatic carbocycles. The summed E-state index contributed by atoms with van der Waals surface area (Å²) in [6.07, 6.45) is -12.6. The first-order valence-corrected chi connectivity index (χ1v) is 12.7.